The van der Waals surface area contributed by atoms with Crippen molar-refractivity contribution in [2.75, 3.05) is 5.88 Å². The van der Waals surface area contributed by atoms with E-state index in [1.54, 1.807) is 12.1 Å². The predicted molar refractivity (Wildman–Crippen MR) is 55.4 cm³/mol. The minimum Gasteiger partial charge on any atom is -0.206 e. The fourth-order valence-corrected chi connectivity index (χ4v) is 1.27. The van der Waals surface area contributed by atoms with E-state index in [2.05, 4.69) is 0 Å². The Labute approximate surface area is 83.0 Å². The number of halogens is 2. The molecule has 0 spiro atoms. The third-order valence-corrected chi connectivity index (χ3v) is 2.08. The van der Waals surface area contributed by atoms with E-state index in [1.165, 1.54) is 6.07 Å². The fraction of sp³-hybridized carbons (Fsp3) is 0.273. The molecule has 0 aliphatic rings. The van der Waals surface area contributed by atoms with Crippen LogP contribution in [0.5, 0.6) is 0 Å². The van der Waals surface area contributed by atoms with Gasteiger partial charge in [0.15, 0.2) is 0 Å². The summed E-state index contributed by atoms with van der Waals surface area (Å²) in [6, 6.07) is 6.76. The summed E-state index contributed by atoms with van der Waals surface area (Å²) in [5.41, 5.74) is 1.60. The van der Waals surface area contributed by atoms with Gasteiger partial charge in [0, 0.05) is 11.4 Å². The van der Waals surface area contributed by atoms with Crippen molar-refractivity contribution in [2.24, 2.45) is 0 Å². The summed E-state index contributed by atoms with van der Waals surface area (Å²) in [4.78, 5) is 0. The molecule has 0 fully saturated rings. The van der Waals surface area contributed by atoms with E-state index in [0.717, 1.165) is 12.0 Å². The molecule has 2 heteroatoms. The lowest BCUT2D eigenvalue weighted by Gasteiger charge is -2.02. The van der Waals surface area contributed by atoms with Crippen LogP contribution in [0, 0.1) is 5.82 Å². The van der Waals surface area contributed by atoms with Gasteiger partial charge in [-0.1, -0.05) is 24.3 Å². The Morgan fingerprint density at radius 2 is 2.15 bits per heavy atom. The van der Waals surface area contributed by atoms with E-state index in [9.17, 15) is 4.39 Å². The van der Waals surface area contributed by atoms with E-state index in [1.807, 2.05) is 19.1 Å². The molecule has 0 nitrogen and oxygen atoms in total. The Morgan fingerprint density at radius 3 is 2.77 bits per heavy atom. The first-order chi connectivity index (χ1) is 6.25. The van der Waals surface area contributed by atoms with Gasteiger partial charge in [0.2, 0.25) is 0 Å². The molecule has 0 N–H and O–H groups in total. The molecule has 13 heavy (non-hydrogen) atoms. The summed E-state index contributed by atoms with van der Waals surface area (Å²) in [6.07, 6.45) is 2.73. The first kappa shape index (κ1) is 10.3. The smallest absolute Gasteiger partial charge is 0.130 e. The van der Waals surface area contributed by atoms with Crippen LogP contribution >= 0.6 is 11.6 Å². The molecule has 0 radical (unpaired) electrons. The van der Waals surface area contributed by atoms with Crippen molar-refractivity contribution in [1.29, 1.82) is 0 Å². The maximum atomic E-state index is 13.2. The average Bonchev–Trinajstić information content (AvgIpc) is 2.15. The highest BCUT2D eigenvalue weighted by molar-refractivity contribution is 6.17. The summed E-state index contributed by atoms with van der Waals surface area (Å²) in [5.74, 6) is 0.400. The van der Waals surface area contributed by atoms with E-state index >= 15 is 0 Å². The van der Waals surface area contributed by atoms with Crippen LogP contribution in [-0.4, -0.2) is 5.88 Å². The van der Waals surface area contributed by atoms with Crippen molar-refractivity contribution >= 4 is 17.2 Å². The molecule has 0 aliphatic heterocycles. The number of alkyl halides is 1. The van der Waals surface area contributed by atoms with Crippen molar-refractivity contribution in [3.63, 3.8) is 0 Å². The highest BCUT2D eigenvalue weighted by Gasteiger charge is 2.00. The average molecular weight is 199 g/mol. The third kappa shape index (κ3) is 2.85. The monoisotopic (exact) mass is 198 g/mol. The van der Waals surface area contributed by atoms with Gasteiger partial charge >= 0.3 is 0 Å². The molecule has 0 aliphatic carbocycles. The molecule has 0 aromatic heterocycles. The Hall–Kier alpha value is -0.820. The van der Waals surface area contributed by atoms with Crippen molar-refractivity contribution in [2.45, 2.75) is 13.3 Å². The first-order valence-electron chi connectivity index (χ1n) is 4.23. The van der Waals surface area contributed by atoms with E-state index in [-0.39, 0.29) is 5.82 Å². The summed E-state index contributed by atoms with van der Waals surface area (Å²) in [6.45, 7) is 1.89. The molecule has 1 aromatic carbocycles. The molecule has 0 amide bonds. The zero-order chi connectivity index (χ0) is 9.68. The number of hydrogen-bond acceptors (Lipinski definition) is 0. The van der Waals surface area contributed by atoms with Crippen LogP contribution in [0.25, 0.3) is 5.57 Å². The van der Waals surface area contributed by atoms with Gasteiger partial charge in [0.25, 0.3) is 0 Å². The quantitative estimate of drug-likeness (QED) is 0.647. The van der Waals surface area contributed by atoms with Crippen molar-refractivity contribution < 1.29 is 4.39 Å². The molecule has 0 atom stereocenters. The standard InChI is InChI=1S/C11H12ClF/c1-9(5-4-8-12)10-6-2-3-7-11(10)13/h2-3,5-7H,4,8H2,1H3/b9-5-. The summed E-state index contributed by atoms with van der Waals surface area (Å²) < 4.78 is 13.2. The maximum absolute atomic E-state index is 13.2. The second-order valence-corrected chi connectivity index (χ2v) is 3.22. The largest absolute Gasteiger partial charge is 0.206 e. The normalized spacial score (nSPS) is 11.8. The van der Waals surface area contributed by atoms with Gasteiger partial charge in [-0.2, -0.15) is 0 Å². The molecule has 70 valence electrons. The highest BCUT2D eigenvalue weighted by atomic mass is 35.5. The Morgan fingerprint density at radius 1 is 1.46 bits per heavy atom. The van der Waals surface area contributed by atoms with Crippen LogP contribution in [0.15, 0.2) is 30.3 Å². The number of allylic oxidation sites excluding steroid dienone is 2. The lowest BCUT2D eigenvalue weighted by molar-refractivity contribution is 0.624. The van der Waals surface area contributed by atoms with Gasteiger partial charge in [-0.05, 0) is 25.0 Å². The molecule has 0 heterocycles. The number of rotatable bonds is 3. The molecule has 0 saturated carbocycles. The minimum atomic E-state index is -0.175. The van der Waals surface area contributed by atoms with Gasteiger partial charge < -0.3 is 0 Å². The summed E-state index contributed by atoms with van der Waals surface area (Å²) in [7, 11) is 0. The Bertz CT molecular complexity index is 305. The van der Waals surface area contributed by atoms with E-state index < -0.39 is 0 Å². The fourth-order valence-electron chi connectivity index (χ4n) is 1.16. The number of benzene rings is 1. The molecule has 1 aromatic rings. The van der Waals surface area contributed by atoms with Gasteiger partial charge in [-0.25, -0.2) is 4.39 Å². The van der Waals surface area contributed by atoms with Gasteiger partial charge in [-0.15, -0.1) is 11.6 Å². The van der Waals surface area contributed by atoms with Crippen molar-refractivity contribution in [3.8, 4) is 0 Å². The van der Waals surface area contributed by atoms with Crippen LogP contribution in [-0.2, 0) is 0 Å². The minimum absolute atomic E-state index is 0.175. The van der Waals surface area contributed by atoms with Crippen LogP contribution in [0.4, 0.5) is 4.39 Å². The predicted octanol–water partition coefficient (Wildman–Crippen LogP) is 3.86. The lowest BCUT2D eigenvalue weighted by Crippen LogP contribution is -1.85. The topological polar surface area (TPSA) is 0 Å². The SMILES string of the molecule is C/C(=C/CCCl)c1ccccc1F. The van der Waals surface area contributed by atoms with E-state index in [0.29, 0.717) is 11.4 Å². The maximum Gasteiger partial charge on any atom is 0.130 e. The Balaban J connectivity index is 2.88. The van der Waals surface area contributed by atoms with Gasteiger partial charge in [-0.3, -0.25) is 0 Å². The summed E-state index contributed by atoms with van der Waals surface area (Å²) >= 11 is 5.53. The van der Waals surface area contributed by atoms with Crippen LogP contribution < -0.4 is 0 Å². The lowest BCUT2D eigenvalue weighted by atomic mass is 10.1. The van der Waals surface area contributed by atoms with E-state index in [4.69, 9.17) is 11.6 Å². The zero-order valence-electron chi connectivity index (χ0n) is 7.56. The van der Waals surface area contributed by atoms with Crippen LogP contribution in [0.1, 0.15) is 18.9 Å². The molecular weight excluding hydrogens is 187 g/mol. The summed E-state index contributed by atoms with van der Waals surface area (Å²) in [5, 5.41) is 0. The molecular formula is C11H12ClF. The van der Waals surface area contributed by atoms with Crippen LogP contribution in [0.3, 0.4) is 0 Å². The van der Waals surface area contributed by atoms with Crippen LogP contribution in [0.2, 0.25) is 0 Å². The van der Waals surface area contributed by atoms with Gasteiger partial charge in [0.1, 0.15) is 5.82 Å². The van der Waals surface area contributed by atoms with Crippen molar-refractivity contribution in [1.82, 2.24) is 0 Å². The highest BCUT2D eigenvalue weighted by Crippen LogP contribution is 2.17. The molecule has 0 unspecified atom stereocenters. The van der Waals surface area contributed by atoms with Crippen molar-refractivity contribution in [3.05, 3.63) is 41.7 Å². The second-order valence-electron chi connectivity index (χ2n) is 2.84. The molecule has 0 saturated heterocycles. The first-order valence-corrected chi connectivity index (χ1v) is 4.77. The number of hydrogen-bond donors (Lipinski definition) is 0. The zero-order valence-corrected chi connectivity index (χ0v) is 8.31. The molecule has 0 bridgehead atoms. The Kier molecular flexibility index (Phi) is 3.97. The van der Waals surface area contributed by atoms with Gasteiger partial charge in [0.05, 0.1) is 0 Å². The molecule has 1 rings (SSSR count). The third-order valence-electron chi connectivity index (χ3n) is 1.86. The second kappa shape index (κ2) is 5.03.